The minimum Gasteiger partial charge on any atom is -0.493 e. The summed E-state index contributed by atoms with van der Waals surface area (Å²) in [5.41, 5.74) is 1.95. The maximum atomic E-state index is 13.0. The Bertz CT molecular complexity index is 792. The fourth-order valence-corrected chi connectivity index (χ4v) is 3.00. The number of hydrogen-bond acceptors (Lipinski definition) is 4. The third-order valence-electron chi connectivity index (χ3n) is 4.68. The summed E-state index contributed by atoms with van der Waals surface area (Å²) in [6, 6.07) is 14.7. The van der Waals surface area contributed by atoms with Crippen LogP contribution in [0.3, 0.4) is 0 Å². The van der Waals surface area contributed by atoms with Crippen molar-refractivity contribution in [2.45, 2.75) is 32.4 Å². The van der Waals surface area contributed by atoms with Gasteiger partial charge in [-0.1, -0.05) is 36.4 Å². The average Bonchev–Trinajstić information content (AvgIpc) is 2.75. The number of ether oxygens (including phenoxy) is 2. The van der Waals surface area contributed by atoms with E-state index in [1.807, 2.05) is 48.5 Å². The molecule has 6 nitrogen and oxygen atoms in total. The van der Waals surface area contributed by atoms with Crippen molar-refractivity contribution < 1.29 is 19.1 Å². The molecule has 1 atom stereocenters. The molecular weight excluding hydrogens is 356 g/mol. The highest BCUT2D eigenvalue weighted by molar-refractivity contribution is 5.87. The van der Waals surface area contributed by atoms with Crippen LogP contribution in [0.1, 0.15) is 24.5 Å². The molecule has 0 aliphatic rings. The summed E-state index contributed by atoms with van der Waals surface area (Å²) in [6.07, 6.45) is 0.842. The average molecular weight is 384 g/mol. The van der Waals surface area contributed by atoms with Crippen molar-refractivity contribution in [3.63, 3.8) is 0 Å². The highest BCUT2D eigenvalue weighted by Crippen LogP contribution is 2.28. The number of hydrogen-bond donors (Lipinski definition) is 1. The molecule has 1 N–H and O–H groups in total. The van der Waals surface area contributed by atoms with Gasteiger partial charge in [0.1, 0.15) is 6.04 Å². The summed E-state index contributed by atoms with van der Waals surface area (Å²) in [5, 5.41) is 2.62. The van der Waals surface area contributed by atoms with Crippen LogP contribution in [0.5, 0.6) is 11.5 Å². The Morgan fingerprint density at radius 1 is 1.00 bits per heavy atom. The summed E-state index contributed by atoms with van der Waals surface area (Å²) in [6.45, 7) is 2.14. The maximum absolute atomic E-state index is 13.0. The lowest BCUT2D eigenvalue weighted by Crippen LogP contribution is -2.46. The van der Waals surface area contributed by atoms with Crippen molar-refractivity contribution in [2.24, 2.45) is 0 Å². The van der Waals surface area contributed by atoms with Crippen LogP contribution in [-0.2, 0) is 22.6 Å². The molecule has 2 aromatic carbocycles. The van der Waals surface area contributed by atoms with Crippen LogP contribution in [0.25, 0.3) is 0 Å². The lowest BCUT2D eigenvalue weighted by molar-refractivity contribution is -0.140. The number of carbonyl (C=O) groups excluding carboxylic acids is 2. The maximum Gasteiger partial charge on any atom is 0.242 e. The van der Waals surface area contributed by atoms with E-state index < -0.39 is 6.04 Å². The number of nitrogens with one attached hydrogen (secondary N) is 1. The van der Waals surface area contributed by atoms with Gasteiger partial charge in [0.15, 0.2) is 11.5 Å². The number of aryl methyl sites for hydroxylation is 1. The van der Waals surface area contributed by atoms with Gasteiger partial charge in [-0.2, -0.15) is 0 Å². The number of methoxy groups -OCH3 is 2. The molecule has 0 aliphatic carbocycles. The van der Waals surface area contributed by atoms with Crippen LogP contribution < -0.4 is 14.8 Å². The van der Waals surface area contributed by atoms with Gasteiger partial charge in [0.05, 0.1) is 14.2 Å². The topological polar surface area (TPSA) is 67.9 Å². The second-order valence-electron chi connectivity index (χ2n) is 6.49. The summed E-state index contributed by atoms with van der Waals surface area (Å²) >= 11 is 0. The number of nitrogens with zero attached hydrogens (tertiary/aromatic N) is 1. The molecule has 0 heterocycles. The fraction of sp³-hybridized carbons (Fsp3) is 0.364. The molecule has 0 aliphatic heterocycles. The Morgan fingerprint density at radius 3 is 2.29 bits per heavy atom. The standard InChI is InChI=1S/C22H28N2O4/c1-16(22(26)23-2)24(15-18-8-6-5-7-9-18)21(25)13-11-17-10-12-19(27-3)20(14-17)28-4/h5-10,12,14,16H,11,13,15H2,1-4H3,(H,23,26)/t16-/m0/s1. The molecule has 0 spiro atoms. The molecule has 0 radical (unpaired) electrons. The normalized spacial score (nSPS) is 11.4. The van der Waals surface area contributed by atoms with Gasteiger partial charge in [-0.25, -0.2) is 0 Å². The second kappa shape index (κ2) is 10.3. The zero-order valence-electron chi connectivity index (χ0n) is 16.9. The molecular formula is C22H28N2O4. The van der Waals surface area contributed by atoms with Crippen molar-refractivity contribution in [1.82, 2.24) is 10.2 Å². The van der Waals surface area contributed by atoms with Crippen LogP contribution in [0.15, 0.2) is 48.5 Å². The highest BCUT2D eigenvalue weighted by atomic mass is 16.5. The molecule has 0 saturated heterocycles. The SMILES string of the molecule is CNC(=O)[C@H](C)N(Cc1ccccc1)C(=O)CCc1ccc(OC)c(OC)c1. The van der Waals surface area contributed by atoms with Crippen molar-refractivity contribution in [3.8, 4) is 11.5 Å². The van der Waals surface area contributed by atoms with Crippen molar-refractivity contribution >= 4 is 11.8 Å². The first-order chi connectivity index (χ1) is 13.5. The molecule has 0 fully saturated rings. The Hall–Kier alpha value is -3.02. The van der Waals surface area contributed by atoms with Gasteiger partial charge < -0.3 is 19.7 Å². The predicted octanol–water partition coefficient (Wildman–Crippen LogP) is 2.80. The van der Waals surface area contributed by atoms with Crippen LogP contribution in [0.4, 0.5) is 0 Å². The van der Waals surface area contributed by atoms with E-state index in [-0.39, 0.29) is 11.8 Å². The molecule has 2 aromatic rings. The molecule has 0 aromatic heterocycles. The van der Waals surface area contributed by atoms with E-state index in [0.717, 1.165) is 11.1 Å². The van der Waals surface area contributed by atoms with Gasteiger partial charge in [0, 0.05) is 20.0 Å². The second-order valence-corrected chi connectivity index (χ2v) is 6.49. The van der Waals surface area contributed by atoms with Gasteiger partial charge in [-0.05, 0) is 36.6 Å². The molecule has 0 bridgehead atoms. The first-order valence-corrected chi connectivity index (χ1v) is 9.26. The van der Waals surface area contributed by atoms with Crippen LogP contribution in [0, 0.1) is 0 Å². The third kappa shape index (κ3) is 5.49. The van der Waals surface area contributed by atoms with Gasteiger partial charge in [-0.3, -0.25) is 9.59 Å². The van der Waals surface area contributed by atoms with Gasteiger partial charge >= 0.3 is 0 Å². The number of rotatable bonds is 9. The van der Waals surface area contributed by atoms with E-state index in [2.05, 4.69) is 5.32 Å². The van der Waals surface area contributed by atoms with Crippen molar-refractivity contribution in [2.75, 3.05) is 21.3 Å². The summed E-state index contributed by atoms with van der Waals surface area (Å²) in [5.74, 6) is 1.02. The zero-order chi connectivity index (χ0) is 20.5. The molecule has 28 heavy (non-hydrogen) atoms. The Labute approximate surface area is 166 Å². The van der Waals surface area contributed by atoms with Crippen LogP contribution in [0.2, 0.25) is 0 Å². The number of likely N-dealkylation sites (N-methyl/N-ethyl adjacent to an activating group) is 1. The van der Waals surface area contributed by atoms with E-state index in [1.165, 1.54) is 0 Å². The van der Waals surface area contributed by atoms with Crippen molar-refractivity contribution in [1.29, 1.82) is 0 Å². The lowest BCUT2D eigenvalue weighted by Gasteiger charge is -2.28. The van der Waals surface area contributed by atoms with Gasteiger partial charge in [-0.15, -0.1) is 0 Å². The molecule has 6 heteroatoms. The Kier molecular flexibility index (Phi) is 7.87. The van der Waals surface area contributed by atoms with Gasteiger partial charge in [0.25, 0.3) is 0 Å². The summed E-state index contributed by atoms with van der Waals surface area (Å²) < 4.78 is 10.6. The lowest BCUT2D eigenvalue weighted by atomic mass is 10.1. The summed E-state index contributed by atoms with van der Waals surface area (Å²) in [7, 11) is 4.75. The first-order valence-electron chi connectivity index (χ1n) is 9.26. The number of carbonyl (C=O) groups is 2. The molecule has 2 amide bonds. The predicted molar refractivity (Wildman–Crippen MR) is 108 cm³/mol. The monoisotopic (exact) mass is 384 g/mol. The molecule has 0 saturated carbocycles. The fourth-order valence-electron chi connectivity index (χ4n) is 3.00. The van der Waals surface area contributed by atoms with Crippen molar-refractivity contribution in [3.05, 3.63) is 59.7 Å². The number of amides is 2. The zero-order valence-corrected chi connectivity index (χ0v) is 16.9. The first kappa shape index (κ1) is 21.3. The number of benzene rings is 2. The van der Waals surface area contributed by atoms with E-state index >= 15 is 0 Å². The van der Waals surface area contributed by atoms with E-state index in [1.54, 1.807) is 33.1 Å². The third-order valence-corrected chi connectivity index (χ3v) is 4.68. The minimum atomic E-state index is -0.553. The van der Waals surface area contributed by atoms with E-state index in [9.17, 15) is 9.59 Å². The van der Waals surface area contributed by atoms with Crippen LogP contribution in [-0.4, -0.2) is 44.0 Å². The summed E-state index contributed by atoms with van der Waals surface area (Å²) in [4.78, 5) is 26.7. The highest BCUT2D eigenvalue weighted by Gasteiger charge is 2.25. The minimum absolute atomic E-state index is 0.0743. The largest absolute Gasteiger partial charge is 0.493 e. The molecule has 150 valence electrons. The molecule has 2 rings (SSSR count). The quantitative estimate of drug-likeness (QED) is 0.722. The Morgan fingerprint density at radius 2 is 1.68 bits per heavy atom. The smallest absolute Gasteiger partial charge is 0.242 e. The van der Waals surface area contributed by atoms with E-state index in [0.29, 0.717) is 30.9 Å². The van der Waals surface area contributed by atoms with Gasteiger partial charge in [0.2, 0.25) is 11.8 Å². The van der Waals surface area contributed by atoms with Crippen LogP contribution >= 0.6 is 0 Å². The van der Waals surface area contributed by atoms with E-state index in [4.69, 9.17) is 9.47 Å². The molecule has 0 unspecified atom stereocenters. The Balaban J connectivity index is 2.12.